The number of carbonyl (C=O) groups excluding carboxylic acids is 1. The Morgan fingerprint density at radius 2 is 1.95 bits per heavy atom. The van der Waals surface area contributed by atoms with E-state index in [0.29, 0.717) is 11.3 Å². The van der Waals surface area contributed by atoms with Gasteiger partial charge in [-0.15, -0.1) is 0 Å². The van der Waals surface area contributed by atoms with Gasteiger partial charge in [-0.3, -0.25) is 4.79 Å². The van der Waals surface area contributed by atoms with Crippen LogP contribution in [0.5, 0.6) is 0 Å². The SMILES string of the molecule is CC(N)CC(=O)Nc1cccc(CS(=O)(=O)C(C)C)c1. The molecule has 6 heteroatoms. The summed E-state index contributed by atoms with van der Waals surface area (Å²) >= 11 is 0. The highest BCUT2D eigenvalue weighted by atomic mass is 32.2. The Labute approximate surface area is 120 Å². The standard InChI is InChI=1S/C14H22N2O3S/c1-10(2)20(18,19)9-12-5-4-6-13(8-12)16-14(17)7-11(3)15/h4-6,8,10-11H,7,9,15H2,1-3H3,(H,16,17). The van der Waals surface area contributed by atoms with Gasteiger partial charge >= 0.3 is 0 Å². The normalized spacial score (nSPS) is 13.2. The van der Waals surface area contributed by atoms with E-state index in [0.717, 1.165) is 0 Å². The highest BCUT2D eigenvalue weighted by Gasteiger charge is 2.17. The molecule has 20 heavy (non-hydrogen) atoms. The third kappa shape index (κ3) is 5.30. The molecule has 0 fully saturated rings. The average molecular weight is 298 g/mol. The quantitative estimate of drug-likeness (QED) is 0.836. The highest BCUT2D eigenvalue weighted by Crippen LogP contribution is 2.16. The first-order valence-electron chi connectivity index (χ1n) is 6.56. The molecule has 1 atom stereocenters. The third-order valence-electron chi connectivity index (χ3n) is 2.80. The Morgan fingerprint density at radius 3 is 2.50 bits per heavy atom. The number of nitrogens with two attached hydrogens (primary N) is 1. The highest BCUT2D eigenvalue weighted by molar-refractivity contribution is 7.91. The number of hydrogen-bond donors (Lipinski definition) is 2. The van der Waals surface area contributed by atoms with Crippen LogP contribution in [0.4, 0.5) is 5.69 Å². The van der Waals surface area contributed by atoms with Crippen LogP contribution in [0.2, 0.25) is 0 Å². The Morgan fingerprint density at radius 1 is 1.30 bits per heavy atom. The fourth-order valence-corrected chi connectivity index (χ4v) is 2.62. The summed E-state index contributed by atoms with van der Waals surface area (Å²) in [5.41, 5.74) is 6.81. The maximum atomic E-state index is 11.9. The molecule has 1 unspecified atom stereocenters. The van der Waals surface area contributed by atoms with Crippen molar-refractivity contribution in [2.75, 3.05) is 5.32 Å². The Balaban J connectivity index is 2.79. The second kappa shape index (κ2) is 6.85. The van der Waals surface area contributed by atoms with Gasteiger partial charge in [-0.05, 0) is 38.5 Å². The second-order valence-electron chi connectivity index (χ2n) is 5.29. The van der Waals surface area contributed by atoms with E-state index in [4.69, 9.17) is 5.73 Å². The topological polar surface area (TPSA) is 89.3 Å². The number of nitrogens with one attached hydrogen (secondary N) is 1. The molecular formula is C14H22N2O3S. The fourth-order valence-electron chi connectivity index (χ4n) is 1.64. The summed E-state index contributed by atoms with van der Waals surface area (Å²) in [6, 6.07) is 6.66. The lowest BCUT2D eigenvalue weighted by Crippen LogP contribution is -2.24. The zero-order chi connectivity index (χ0) is 15.3. The number of amides is 1. The molecule has 0 saturated carbocycles. The van der Waals surface area contributed by atoms with Crippen molar-refractivity contribution in [1.29, 1.82) is 0 Å². The van der Waals surface area contributed by atoms with Gasteiger partial charge in [0.2, 0.25) is 5.91 Å². The summed E-state index contributed by atoms with van der Waals surface area (Å²) in [5, 5.41) is 2.30. The molecular weight excluding hydrogens is 276 g/mol. The summed E-state index contributed by atoms with van der Waals surface area (Å²) in [4.78, 5) is 11.6. The van der Waals surface area contributed by atoms with E-state index in [1.54, 1.807) is 45.0 Å². The van der Waals surface area contributed by atoms with Gasteiger partial charge in [-0.1, -0.05) is 12.1 Å². The number of hydrogen-bond acceptors (Lipinski definition) is 4. The summed E-state index contributed by atoms with van der Waals surface area (Å²) < 4.78 is 23.7. The maximum Gasteiger partial charge on any atom is 0.225 e. The van der Waals surface area contributed by atoms with Gasteiger partial charge in [0.05, 0.1) is 11.0 Å². The number of anilines is 1. The molecule has 112 valence electrons. The van der Waals surface area contributed by atoms with Crippen LogP contribution in [0.1, 0.15) is 32.8 Å². The minimum Gasteiger partial charge on any atom is -0.327 e. The van der Waals surface area contributed by atoms with Crippen LogP contribution in [-0.2, 0) is 20.4 Å². The monoisotopic (exact) mass is 298 g/mol. The van der Waals surface area contributed by atoms with E-state index in [1.807, 2.05) is 0 Å². The molecule has 3 N–H and O–H groups in total. The second-order valence-corrected chi connectivity index (χ2v) is 7.84. The summed E-state index contributed by atoms with van der Waals surface area (Å²) in [7, 11) is -3.15. The zero-order valence-electron chi connectivity index (χ0n) is 12.1. The van der Waals surface area contributed by atoms with Gasteiger partial charge in [0.25, 0.3) is 0 Å². The third-order valence-corrected chi connectivity index (χ3v) is 4.98. The van der Waals surface area contributed by atoms with E-state index in [1.165, 1.54) is 0 Å². The first-order valence-corrected chi connectivity index (χ1v) is 8.28. The average Bonchev–Trinajstić information content (AvgIpc) is 2.26. The van der Waals surface area contributed by atoms with Gasteiger partial charge < -0.3 is 11.1 Å². The molecule has 1 aromatic rings. The Kier molecular flexibility index (Phi) is 5.71. The summed E-state index contributed by atoms with van der Waals surface area (Å²) in [5.74, 6) is -0.203. The van der Waals surface area contributed by atoms with Crippen molar-refractivity contribution in [3.63, 3.8) is 0 Å². The molecule has 0 bridgehead atoms. The van der Waals surface area contributed by atoms with E-state index in [2.05, 4.69) is 5.32 Å². The lowest BCUT2D eigenvalue weighted by Gasteiger charge is -2.10. The van der Waals surface area contributed by atoms with Crippen LogP contribution in [0, 0.1) is 0 Å². The molecule has 0 aliphatic carbocycles. The number of carbonyl (C=O) groups is 1. The molecule has 0 spiro atoms. The molecule has 1 amide bonds. The molecule has 0 radical (unpaired) electrons. The fraction of sp³-hybridized carbons (Fsp3) is 0.500. The number of sulfone groups is 1. The Bertz CT molecular complexity index is 566. The van der Waals surface area contributed by atoms with E-state index in [9.17, 15) is 13.2 Å². The van der Waals surface area contributed by atoms with Crippen molar-refractivity contribution in [1.82, 2.24) is 0 Å². The molecule has 0 aliphatic rings. The molecule has 1 rings (SSSR count). The molecule has 0 aromatic heterocycles. The van der Waals surface area contributed by atoms with E-state index in [-0.39, 0.29) is 24.1 Å². The minimum absolute atomic E-state index is 0.0261. The largest absolute Gasteiger partial charge is 0.327 e. The summed E-state index contributed by atoms with van der Waals surface area (Å²) in [6.45, 7) is 5.07. The van der Waals surface area contributed by atoms with Gasteiger partial charge in [0.1, 0.15) is 0 Å². The van der Waals surface area contributed by atoms with Crippen molar-refractivity contribution in [3.8, 4) is 0 Å². The van der Waals surface area contributed by atoms with Crippen molar-refractivity contribution >= 4 is 21.4 Å². The van der Waals surface area contributed by atoms with Crippen molar-refractivity contribution < 1.29 is 13.2 Å². The van der Waals surface area contributed by atoms with Crippen LogP contribution < -0.4 is 11.1 Å². The predicted octanol–water partition coefficient (Wildman–Crippen LogP) is 1.69. The van der Waals surface area contributed by atoms with E-state index < -0.39 is 15.1 Å². The van der Waals surface area contributed by atoms with Crippen molar-refractivity contribution in [3.05, 3.63) is 29.8 Å². The van der Waals surface area contributed by atoms with Gasteiger partial charge in [-0.25, -0.2) is 8.42 Å². The van der Waals surface area contributed by atoms with E-state index >= 15 is 0 Å². The van der Waals surface area contributed by atoms with Crippen molar-refractivity contribution in [2.45, 2.75) is 44.2 Å². The first-order chi connectivity index (χ1) is 9.20. The van der Waals surface area contributed by atoms with Crippen LogP contribution in [0.3, 0.4) is 0 Å². The van der Waals surface area contributed by atoms with Gasteiger partial charge in [-0.2, -0.15) is 0 Å². The number of rotatable bonds is 6. The molecule has 0 saturated heterocycles. The van der Waals surface area contributed by atoms with Crippen LogP contribution in [-0.4, -0.2) is 25.6 Å². The lowest BCUT2D eigenvalue weighted by atomic mass is 10.2. The van der Waals surface area contributed by atoms with Gasteiger partial charge in [0, 0.05) is 18.2 Å². The first kappa shape index (κ1) is 16.7. The van der Waals surface area contributed by atoms with Gasteiger partial charge in [0.15, 0.2) is 9.84 Å². The minimum atomic E-state index is -3.15. The smallest absolute Gasteiger partial charge is 0.225 e. The van der Waals surface area contributed by atoms with Crippen LogP contribution >= 0.6 is 0 Å². The molecule has 5 nitrogen and oxygen atoms in total. The lowest BCUT2D eigenvalue weighted by molar-refractivity contribution is -0.116. The maximum absolute atomic E-state index is 11.9. The molecule has 1 aromatic carbocycles. The number of benzene rings is 1. The predicted molar refractivity (Wildman–Crippen MR) is 81.1 cm³/mol. The Hall–Kier alpha value is -1.40. The molecule has 0 aliphatic heterocycles. The van der Waals surface area contributed by atoms with Crippen LogP contribution in [0.25, 0.3) is 0 Å². The van der Waals surface area contributed by atoms with Crippen LogP contribution in [0.15, 0.2) is 24.3 Å². The van der Waals surface area contributed by atoms with Crippen molar-refractivity contribution in [2.24, 2.45) is 5.73 Å². The molecule has 0 heterocycles. The zero-order valence-corrected chi connectivity index (χ0v) is 12.9. The summed E-state index contributed by atoms with van der Waals surface area (Å²) in [6.07, 6.45) is 0.231.